The van der Waals surface area contributed by atoms with Gasteiger partial charge in [0, 0.05) is 6.07 Å². The quantitative estimate of drug-likeness (QED) is 0.115. The molecule has 4 N–H and O–H groups in total. The third kappa shape index (κ3) is 6.30. The molecular weight excluding hydrogens is 444 g/mol. The van der Waals surface area contributed by atoms with Crippen LogP contribution in [-0.2, 0) is 0 Å². The molecule has 0 unspecified atom stereocenters. The maximum absolute atomic E-state index is 10.6. The molecule has 0 amide bonds. The van der Waals surface area contributed by atoms with Gasteiger partial charge in [-0.25, -0.2) is 0 Å². The van der Waals surface area contributed by atoms with Gasteiger partial charge in [-0.2, -0.15) is 5.10 Å². The van der Waals surface area contributed by atoms with Gasteiger partial charge in [-0.3, -0.25) is 4.57 Å². The lowest BCUT2D eigenvalue weighted by Crippen LogP contribution is -2.05. The Hall–Kier alpha value is -2.91. The molecule has 0 fully saturated rings. The average Bonchev–Trinajstić information content (AvgIpc) is 3.41. The molecule has 0 saturated heterocycles. The van der Waals surface area contributed by atoms with Crippen LogP contribution in [0.25, 0.3) is 5.69 Å². The second-order valence-corrected chi connectivity index (χ2v) is 9.14. The summed E-state index contributed by atoms with van der Waals surface area (Å²) in [6, 6.07) is 12.5. The van der Waals surface area contributed by atoms with Crippen molar-refractivity contribution in [3.63, 3.8) is 0 Å². The number of thioether (sulfide) groups is 1. The predicted octanol–water partition coefficient (Wildman–Crippen LogP) is 5.74. The Morgan fingerprint density at radius 1 is 1.12 bits per heavy atom. The molecule has 2 aromatic heterocycles. The Balaban J connectivity index is 1.66. The maximum atomic E-state index is 10.6. The summed E-state index contributed by atoms with van der Waals surface area (Å²) in [6.45, 7) is 4.71. The van der Waals surface area contributed by atoms with Crippen molar-refractivity contribution in [2.45, 2.75) is 44.4 Å². The van der Waals surface area contributed by atoms with Crippen LogP contribution in [0.1, 0.15) is 44.4 Å². The summed E-state index contributed by atoms with van der Waals surface area (Å²) in [5.74, 6) is 0.517. The molecule has 0 atom stereocenters. The Labute approximate surface area is 196 Å². The van der Waals surface area contributed by atoms with E-state index in [2.05, 4.69) is 17.1 Å². The zero-order chi connectivity index (χ0) is 22.9. The number of hydrogen-bond acceptors (Lipinski definition) is 7. The summed E-state index contributed by atoms with van der Waals surface area (Å²) in [7, 11) is 0. The summed E-state index contributed by atoms with van der Waals surface area (Å²) in [4.78, 5) is 1.38. The summed E-state index contributed by atoms with van der Waals surface area (Å²) in [6.07, 6.45) is 4.59. The van der Waals surface area contributed by atoms with Gasteiger partial charge >= 0.3 is 0 Å². The monoisotopic (exact) mass is 472 g/mol. The molecule has 1 aromatic carbocycles. The number of amidine groups is 1. The van der Waals surface area contributed by atoms with E-state index in [1.165, 1.54) is 23.5 Å². The fraction of sp³-hybridized carbons (Fsp3) is 0.304. The fourth-order valence-electron chi connectivity index (χ4n) is 3.00. The van der Waals surface area contributed by atoms with Gasteiger partial charge in [-0.1, -0.05) is 32.3 Å². The first kappa shape index (κ1) is 23.7. The largest absolute Gasteiger partial charge is 0.494 e. The minimum Gasteiger partial charge on any atom is -0.494 e. The van der Waals surface area contributed by atoms with Gasteiger partial charge in [0.2, 0.25) is 5.88 Å². The van der Waals surface area contributed by atoms with E-state index < -0.39 is 0 Å². The molecule has 3 aromatic rings. The van der Waals surface area contributed by atoms with Crippen molar-refractivity contribution in [2.75, 3.05) is 6.61 Å². The van der Waals surface area contributed by atoms with Crippen molar-refractivity contribution in [3.05, 3.63) is 52.7 Å². The maximum Gasteiger partial charge on any atom is 0.213 e. The van der Waals surface area contributed by atoms with Gasteiger partial charge < -0.3 is 20.7 Å². The van der Waals surface area contributed by atoms with Crippen molar-refractivity contribution in [1.29, 1.82) is 0 Å². The molecule has 0 spiro atoms. The molecule has 7 nitrogen and oxygen atoms in total. The lowest BCUT2D eigenvalue weighted by atomic mass is 10.2. The van der Waals surface area contributed by atoms with Gasteiger partial charge in [0.1, 0.15) is 5.75 Å². The van der Waals surface area contributed by atoms with Gasteiger partial charge in [0.15, 0.2) is 11.0 Å². The van der Waals surface area contributed by atoms with E-state index in [0.29, 0.717) is 17.2 Å². The first-order valence-corrected chi connectivity index (χ1v) is 12.2. The minimum atomic E-state index is -0.127. The van der Waals surface area contributed by atoms with E-state index in [9.17, 15) is 10.2 Å². The van der Waals surface area contributed by atoms with Gasteiger partial charge in [0.25, 0.3) is 0 Å². The van der Waals surface area contributed by atoms with E-state index in [0.717, 1.165) is 40.9 Å². The normalized spacial score (nSPS) is 12.3. The Morgan fingerprint density at radius 3 is 2.59 bits per heavy atom. The molecule has 0 saturated carbocycles. The van der Waals surface area contributed by atoms with Gasteiger partial charge in [0.05, 0.1) is 27.8 Å². The highest BCUT2D eigenvalue weighted by molar-refractivity contribution is 8.13. The van der Waals surface area contributed by atoms with E-state index in [4.69, 9.17) is 10.5 Å². The number of ether oxygens (including phenoxy) is 1. The van der Waals surface area contributed by atoms with Gasteiger partial charge in [-0.15, -0.1) is 16.4 Å². The summed E-state index contributed by atoms with van der Waals surface area (Å²) in [5.41, 5.74) is 7.32. The topological polar surface area (TPSA) is 105 Å². The first-order valence-electron chi connectivity index (χ1n) is 10.5. The summed E-state index contributed by atoms with van der Waals surface area (Å²) < 4.78 is 7.09. The molecule has 0 aliphatic carbocycles. The molecule has 0 aliphatic rings. The van der Waals surface area contributed by atoms with Crippen LogP contribution >= 0.6 is 23.1 Å². The Morgan fingerprint density at radius 2 is 1.91 bits per heavy atom. The van der Waals surface area contributed by atoms with Gasteiger partial charge in [-0.05, 0) is 60.8 Å². The van der Waals surface area contributed by atoms with E-state index >= 15 is 0 Å². The highest BCUT2D eigenvalue weighted by Crippen LogP contribution is 2.38. The SMILES string of the molecule is CCCCCCOc1ccc(-n2c(O)cc(S/C(N)=N/N=C(\C)c3cccs3)c2O)cc1. The average molecular weight is 473 g/mol. The lowest BCUT2D eigenvalue weighted by Gasteiger charge is -2.10. The van der Waals surface area contributed by atoms with Crippen molar-refractivity contribution in [1.82, 2.24) is 4.57 Å². The van der Waals surface area contributed by atoms with Crippen molar-refractivity contribution >= 4 is 34.0 Å². The standard InChI is InChI=1S/C23H28N4O3S2/c1-3-4-5-6-13-30-18-11-9-17(10-12-18)27-21(28)15-20(22(27)29)32-23(24)26-25-16(2)19-8-7-14-31-19/h7-12,14-15,28-29H,3-6,13H2,1-2H3,(H2,24,26)/b25-16+. The fourth-order valence-corrected chi connectivity index (χ4v) is 4.32. The molecule has 0 radical (unpaired) electrons. The van der Waals surface area contributed by atoms with Crippen LogP contribution in [-0.4, -0.2) is 32.3 Å². The number of nitrogens with two attached hydrogens (primary N) is 1. The van der Waals surface area contributed by atoms with Crippen LogP contribution in [0.5, 0.6) is 17.5 Å². The number of hydrogen-bond donors (Lipinski definition) is 3. The van der Waals surface area contributed by atoms with Crippen LogP contribution in [0.3, 0.4) is 0 Å². The highest BCUT2D eigenvalue weighted by atomic mass is 32.2. The van der Waals surface area contributed by atoms with E-state index in [1.807, 2.05) is 36.6 Å². The zero-order valence-electron chi connectivity index (χ0n) is 18.2. The third-order valence-electron chi connectivity index (χ3n) is 4.67. The second kappa shape index (κ2) is 11.6. The van der Waals surface area contributed by atoms with Crippen LogP contribution in [0.4, 0.5) is 0 Å². The minimum absolute atomic E-state index is 0.107. The number of rotatable bonds is 10. The molecule has 9 heteroatoms. The number of unbranched alkanes of at least 4 members (excludes halogenated alkanes) is 3. The van der Waals surface area contributed by atoms with Crippen LogP contribution < -0.4 is 10.5 Å². The molecule has 170 valence electrons. The molecule has 0 aliphatic heterocycles. The summed E-state index contributed by atoms with van der Waals surface area (Å²) in [5, 5.41) is 31.3. The molecule has 32 heavy (non-hydrogen) atoms. The Kier molecular flexibility index (Phi) is 8.64. The summed E-state index contributed by atoms with van der Waals surface area (Å²) >= 11 is 2.60. The first-order chi connectivity index (χ1) is 15.5. The van der Waals surface area contributed by atoms with E-state index in [-0.39, 0.29) is 16.9 Å². The van der Waals surface area contributed by atoms with Crippen molar-refractivity contribution in [2.24, 2.45) is 15.9 Å². The van der Waals surface area contributed by atoms with E-state index in [1.54, 1.807) is 23.5 Å². The van der Waals surface area contributed by atoms with Crippen molar-refractivity contribution in [3.8, 4) is 23.2 Å². The molecule has 0 bridgehead atoms. The molecule has 3 rings (SSSR count). The predicted molar refractivity (Wildman–Crippen MR) is 133 cm³/mol. The number of nitrogens with zero attached hydrogens (tertiary/aromatic N) is 3. The number of aromatic hydroxyl groups is 2. The Bertz CT molecular complexity index is 1060. The molecular formula is C23H28N4O3S2. The van der Waals surface area contributed by atoms with Crippen LogP contribution in [0.2, 0.25) is 0 Å². The number of benzene rings is 1. The van der Waals surface area contributed by atoms with Crippen LogP contribution in [0.15, 0.2) is 62.9 Å². The number of thiophene rings is 1. The second-order valence-electron chi connectivity index (χ2n) is 7.13. The zero-order valence-corrected chi connectivity index (χ0v) is 19.8. The van der Waals surface area contributed by atoms with Crippen LogP contribution in [0, 0.1) is 0 Å². The lowest BCUT2D eigenvalue weighted by molar-refractivity contribution is 0.305. The third-order valence-corrected chi connectivity index (χ3v) is 6.46. The smallest absolute Gasteiger partial charge is 0.213 e. The molecule has 2 heterocycles. The number of aromatic nitrogens is 1. The van der Waals surface area contributed by atoms with Crippen molar-refractivity contribution < 1.29 is 14.9 Å². The highest BCUT2D eigenvalue weighted by Gasteiger charge is 2.17.